The van der Waals surface area contributed by atoms with E-state index in [4.69, 9.17) is 9.47 Å². The number of esters is 1. The maximum atomic E-state index is 11.3. The van der Waals surface area contributed by atoms with Crippen LogP contribution in [0.2, 0.25) is 0 Å². The molecule has 0 rings (SSSR count). The Morgan fingerprint density at radius 1 is 1.25 bits per heavy atom. The molecule has 0 saturated heterocycles. The lowest BCUT2D eigenvalue weighted by atomic mass is 10.2. The van der Waals surface area contributed by atoms with Gasteiger partial charge in [-0.3, -0.25) is 0 Å². The topological polar surface area (TPSA) is 35.5 Å². The molecule has 16 heavy (non-hydrogen) atoms. The largest absolute Gasteiger partial charge is 0.430 e. The number of unbranched alkanes of at least 4 members (excludes halogenated alkanes) is 3. The molecule has 0 N–H and O–H groups in total. The molecule has 0 aliphatic rings. The first-order chi connectivity index (χ1) is 7.39. The van der Waals surface area contributed by atoms with Crippen LogP contribution in [0.4, 0.5) is 0 Å². The van der Waals surface area contributed by atoms with Gasteiger partial charge in [0, 0.05) is 19.4 Å². The minimum absolute atomic E-state index is 0.391. The summed E-state index contributed by atoms with van der Waals surface area (Å²) in [6.07, 6.45) is 4.58. The first kappa shape index (κ1) is 15.2. The standard InChI is InChI=1S/C13H24O3/c1-6-7-8-9-10-15-13(4,5)16-12(14)11(2)3/h2,6-10H2,1,3-5H3. The highest BCUT2D eigenvalue weighted by Gasteiger charge is 2.23. The van der Waals surface area contributed by atoms with Crippen LogP contribution < -0.4 is 0 Å². The van der Waals surface area contributed by atoms with Gasteiger partial charge in [0.05, 0.1) is 6.61 Å². The highest BCUT2D eigenvalue weighted by molar-refractivity contribution is 5.87. The molecule has 0 aliphatic heterocycles. The van der Waals surface area contributed by atoms with Crippen LogP contribution in [0.25, 0.3) is 0 Å². The molecule has 0 fully saturated rings. The van der Waals surface area contributed by atoms with E-state index in [1.807, 2.05) is 0 Å². The number of hydrogen-bond donors (Lipinski definition) is 0. The Hall–Kier alpha value is -0.830. The van der Waals surface area contributed by atoms with E-state index in [9.17, 15) is 4.79 Å². The second kappa shape index (κ2) is 7.44. The van der Waals surface area contributed by atoms with Gasteiger partial charge in [0.15, 0.2) is 0 Å². The van der Waals surface area contributed by atoms with Crippen LogP contribution in [0.1, 0.15) is 53.4 Å². The molecule has 3 heteroatoms. The fourth-order valence-electron chi connectivity index (χ4n) is 1.19. The number of rotatable bonds is 8. The van der Waals surface area contributed by atoms with E-state index in [1.165, 1.54) is 12.8 Å². The summed E-state index contributed by atoms with van der Waals surface area (Å²) in [6, 6.07) is 0. The van der Waals surface area contributed by atoms with Crippen LogP contribution in [-0.2, 0) is 14.3 Å². The molecule has 0 radical (unpaired) electrons. The van der Waals surface area contributed by atoms with Crippen LogP contribution in [0.15, 0.2) is 12.2 Å². The number of carbonyl (C=O) groups is 1. The zero-order valence-corrected chi connectivity index (χ0v) is 11.0. The summed E-state index contributed by atoms with van der Waals surface area (Å²) < 4.78 is 10.7. The van der Waals surface area contributed by atoms with Gasteiger partial charge in [0.1, 0.15) is 0 Å². The molecule has 0 spiro atoms. The Balaban J connectivity index is 3.78. The Bertz CT molecular complexity index is 231. The van der Waals surface area contributed by atoms with Crippen molar-refractivity contribution in [2.24, 2.45) is 0 Å². The molecule has 0 amide bonds. The molecule has 0 heterocycles. The zero-order valence-electron chi connectivity index (χ0n) is 11.0. The van der Waals surface area contributed by atoms with E-state index in [-0.39, 0.29) is 0 Å². The second-order valence-electron chi connectivity index (χ2n) is 4.48. The average molecular weight is 228 g/mol. The van der Waals surface area contributed by atoms with E-state index in [0.717, 1.165) is 12.8 Å². The maximum absolute atomic E-state index is 11.3. The van der Waals surface area contributed by atoms with Crippen LogP contribution in [0.5, 0.6) is 0 Å². The monoisotopic (exact) mass is 228 g/mol. The average Bonchev–Trinajstić information content (AvgIpc) is 2.16. The quantitative estimate of drug-likeness (QED) is 0.276. The third kappa shape index (κ3) is 7.46. The summed E-state index contributed by atoms with van der Waals surface area (Å²) in [7, 11) is 0. The first-order valence-electron chi connectivity index (χ1n) is 5.92. The molecule has 0 aliphatic carbocycles. The molecule has 0 saturated carbocycles. The second-order valence-corrected chi connectivity index (χ2v) is 4.48. The molecule has 0 atom stereocenters. The minimum Gasteiger partial charge on any atom is -0.430 e. The van der Waals surface area contributed by atoms with Crippen molar-refractivity contribution in [3.63, 3.8) is 0 Å². The molecule has 3 nitrogen and oxygen atoms in total. The van der Waals surface area contributed by atoms with Gasteiger partial charge in [-0.2, -0.15) is 0 Å². The van der Waals surface area contributed by atoms with Gasteiger partial charge in [-0.15, -0.1) is 0 Å². The number of hydrogen-bond acceptors (Lipinski definition) is 3. The van der Waals surface area contributed by atoms with Crippen molar-refractivity contribution in [3.8, 4) is 0 Å². The minimum atomic E-state index is -0.859. The Morgan fingerprint density at radius 3 is 2.38 bits per heavy atom. The van der Waals surface area contributed by atoms with Gasteiger partial charge in [0.2, 0.25) is 5.79 Å². The summed E-state index contributed by atoms with van der Waals surface area (Å²) in [6.45, 7) is 11.4. The molecule has 0 aromatic carbocycles. The molecule has 0 aromatic heterocycles. The van der Waals surface area contributed by atoms with E-state index in [1.54, 1.807) is 20.8 Å². The van der Waals surface area contributed by atoms with Gasteiger partial charge < -0.3 is 9.47 Å². The van der Waals surface area contributed by atoms with E-state index in [2.05, 4.69) is 13.5 Å². The van der Waals surface area contributed by atoms with Crippen LogP contribution in [-0.4, -0.2) is 18.4 Å². The molecule has 94 valence electrons. The summed E-state index contributed by atoms with van der Waals surface area (Å²) in [5, 5.41) is 0. The molecule has 0 aromatic rings. The summed E-state index contributed by atoms with van der Waals surface area (Å²) in [5.41, 5.74) is 0.391. The molecule has 0 unspecified atom stereocenters. The Morgan fingerprint density at radius 2 is 1.88 bits per heavy atom. The maximum Gasteiger partial charge on any atom is 0.335 e. The summed E-state index contributed by atoms with van der Waals surface area (Å²) in [5.74, 6) is -1.26. The SMILES string of the molecule is C=C(C)C(=O)OC(C)(C)OCCCCCC. The van der Waals surface area contributed by atoms with Gasteiger partial charge in [-0.25, -0.2) is 4.79 Å². The van der Waals surface area contributed by atoms with Crippen molar-refractivity contribution in [1.82, 2.24) is 0 Å². The van der Waals surface area contributed by atoms with Crippen molar-refractivity contribution in [1.29, 1.82) is 0 Å². The third-order valence-corrected chi connectivity index (χ3v) is 2.13. The number of carbonyl (C=O) groups excluding carboxylic acids is 1. The normalized spacial score (nSPS) is 11.2. The van der Waals surface area contributed by atoms with Crippen molar-refractivity contribution >= 4 is 5.97 Å². The van der Waals surface area contributed by atoms with Crippen molar-refractivity contribution in [2.75, 3.05) is 6.61 Å². The van der Waals surface area contributed by atoms with E-state index in [0.29, 0.717) is 12.2 Å². The van der Waals surface area contributed by atoms with Gasteiger partial charge in [-0.05, 0) is 13.3 Å². The van der Waals surface area contributed by atoms with E-state index >= 15 is 0 Å². The van der Waals surface area contributed by atoms with Gasteiger partial charge in [0.25, 0.3) is 0 Å². The summed E-state index contributed by atoms with van der Waals surface area (Å²) >= 11 is 0. The third-order valence-electron chi connectivity index (χ3n) is 2.13. The molecule has 0 bridgehead atoms. The highest BCUT2D eigenvalue weighted by atomic mass is 16.7. The lowest BCUT2D eigenvalue weighted by Gasteiger charge is -2.25. The zero-order chi connectivity index (χ0) is 12.6. The fourth-order valence-corrected chi connectivity index (χ4v) is 1.19. The predicted molar refractivity (Wildman–Crippen MR) is 65.1 cm³/mol. The van der Waals surface area contributed by atoms with Crippen molar-refractivity contribution in [3.05, 3.63) is 12.2 Å². The first-order valence-corrected chi connectivity index (χ1v) is 5.92. The van der Waals surface area contributed by atoms with E-state index < -0.39 is 11.8 Å². The smallest absolute Gasteiger partial charge is 0.335 e. The van der Waals surface area contributed by atoms with Crippen LogP contribution in [0.3, 0.4) is 0 Å². The fraction of sp³-hybridized carbons (Fsp3) is 0.769. The van der Waals surface area contributed by atoms with Gasteiger partial charge >= 0.3 is 5.97 Å². The van der Waals surface area contributed by atoms with Crippen LogP contribution >= 0.6 is 0 Å². The molecular formula is C13H24O3. The van der Waals surface area contributed by atoms with Crippen molar-refractivity contribution < 1.29 is 14.3 Å². The lowest BCUT2D eigenvalue weighted by molar-refractivity contribution is -0.212. The Labute approximate surface area is 98.8 Å². The predicted octanol–water partition coefficient (Wildman–Crippen LogP) is 3.44. The highest BCUT2D eigenvalue weighted by Crippen LogP contribution is 2.14. The summed E-state index contributed by atoms with van der Waals surface area (Å²) in [4.78, 5) is 11.3. The van der Waals surface area contributed by atoms with Gasteiger partial charge in [-0.1, -0.05) is 32.8 Å². The Kier molecular flexibility index (Phi) is 7.06. The molecular weight excluding hydrogens is 204 g/mol. The number of ether oxygens (including phenoxy) is 2. The van der Waals surface area contributed by atoms with Crippen LogP contribution in [0, 0.1) is 0 Å². The lowest BCUT2D eigenvalue weighted by Crippen LogP contribution is -2.32. The van der Waals surface area contributed by atoms with Crippen molar-refractivity contribution in [2.45, 2.75) is 59.2 Å².